The molecule has 210 valence electrons. The molecule has 1 aromatic carbocycles. The number of hydrogen-bond donors (Lipinski definition) is 5. The first-order chi connectivity index (χ1) is 18.2. The number of aromatic nitrogens is 1. The first-order valence-corrected chi connectivity index (χ1v) is 12.6. The van der Waals surface area contributed by atoms with Gasteiger partial charge >= 0.3 is 12.1 Å². The number of carbonyl (C=O) groups is 4. The number of fused-ring (bicyclic) bond motifs is 1. The Labute approximate surface area is 226 Å². The van der Waals surface area contributed by atoms with Crippen LogP contribution in [-0.4, -0.2) is 57.2 Å². The van der Waals surface area contributed by atoms with E-state index >= 15 is 0 Å². The van der Waals surface area contributed by atoms with Gasteiger partial charge in [-0.25, -0.2) is 14.6 Å². The van der Waals surface area contributed by atoms with Gasteiger partial charge in [-0.15, -0.1) is 0 Å². The highest BCUT2D eigenvalue weighted by Gasteiger charge is 2.45. The van der Waals surface area contributed by atoms with Gasteiger partial charge in [0.05, 0.1) is 6.04 Å². The zero-order valence-electron chi connectivity index (χ0n) is 22.7. The van der Waals surface area contributed by atoms with Crippen molar-refractivity contribution in [1.82, 2.24) is 15.6 Å². The van der Waals surface area contributed by atoms with Crippen LogP contribution in [-0.2, 0) is 32.0 Å². The maximum Gasteiger partial charge on any atom is 0.408 e. The molecule has 1 aliphatic carbocycles. The van der Waals surface area contributed by atoms with E-state index in [0.29, 0.717) is 17.7 Å². The molecule has 39 heavy (non-hydrogen) atoms. The Morgan fingerprint density at radius 1 is 1.10 bits per heavy atom. The van der Waals surface area contributed by atoms with Crippen LogP contribution >= 0.6 is 0 Å². The van der Waals surface area contributed by atoms with Crippen molar-refractivity contribution in [1.29, 1.82) is 0 Å². The Balaban J connectivity index is 1.85. The van der Waals surface area contributed by atoms with Crippen LogP contribution in [0.3, 0.4) is 0 Å². The van der Waals surface area contributed by atoms with Crippen molar-refractivity contribution in [3.63, 3.8) is 0 Å². The Hall–Kier alpha value is -4.19. The summed E-state index contributed by atoms with van der Waals surface area (Å²) >= 11 is 0. The SMILES string of the molecule is C[C@H](N)C(=O)N[C@@H](C)C(=O)Nc1cccnc1Oc1cccc2c1C[C@@](NC(=O)OC(C)(C)C)(C(=O)O)CC2. The first-order valence-electron chi connectivity index (χ1n) is 12.6. The lowest BCUT2D eigenvalue weighted by Crippen LogP contribution is -2.58. The zero-order valence-corrected chi connectivity index (χ0v) is 22.7. The molecule has 0 saturated heterocycles. The predicted molar refractivity (Wildman–Crippen MR) is 142 cm³/mol. The minimum Gasteiger partial charge on any atom is -0.479 e. The number of rotatable bonds is 8. The Morgan fingerprint density at radius 2 is 1.82 bits per heavy atom. The second-order valence-corrected chi connectivity index (χ2v) is 10.6. The molecule has 2 aromatic rings. The standard InChI is InChI=1S/C27H35N5O7/c1-15(28)21(33)30-16(2)22(34)31-19-9-7-13-29-23(19)38-20-10-6-8-17-11-12-27(24(35)36,14-18(17)20)32-25(37)39-26(3,4)5/h6-10,13,15-16H,11-12,14,28H2,1-5H3,(H,30,33)(H,31,34)(H,32,37)(H,35,36)/t15-,16-,27+/m0/s1. The molecule has 0 unspecified atom stereocenters. The monoisotopic (exact) mass is 541 g/mol. The smallest absolute Gasteiger partial charge is 0.408 e. The molecule has 6 N–H and O–H groups in total. The molecule has 0 spiro atoms. The summed E-state index contributed by atoms with van der Waals surface area (Å²) in [4.78, 5) is 53.7. The van der Waals surface area contributed by atoms with Gasteiger partial charge in [0.15, 0.2) is 0 Å². The van der Waals surface area contributed by atoms with Crippen LogP contribution in [0.2, 0.25) is 0 Å². The minimum absolute atomic E-state index is 0.0536. The summed E-state index contributed by atoms with van der Waals surface area (Å²) in [7, 11) is 0. The molecule has 12 nitrogen and oxygen atoms in total. The van der Waals surface area contributed by atoms with Crippen LogP contribution in [0, 0.1) is 0 Å². The second-order valence-electron chi connectivity index (χ2n) is 10.6. The van der Waals surface area contributed by atoms with Crippen LogP contribution in [0.15, 0.2) is 36.5 Å². The summed E-state index contributed by atoms with van der Waals surface area (Å²) < 4.78 is 11.4. The van der Waals surface area contributed by atoms with E-state index < -0.39 is 47.1 Å². The van der Waals surface area contributed by atoms with Crippen LogP contribution in [0.1, 0.15) is 52.2 Å². The largest absolute Gasteiger partial charge is 0.479 e. The summed E-state index contributed by atoms with van der Waals surface area (Å²) in [6.45, 7) is 8.11. The van der Waals surface area contributed by atoms with Gasteiger partial charge in [0.25, 0.3) is 0 Å². The van der Waals surface area contributed by atoms with E-state index in [1.807, 2.05) is 6.07 Å². The van der Waals surface area contributed by atoms with Gasteiger partial charge in [-0.05, 0) is 71.2 Å². The second kappa shape index (κ2) is 11.7. The molecule has 0 bridgehead atoms. The highest BCUT2D eigenvalue weighted by atomic mass is 16.6. The number of aliphatic carboxylic acids is 1. The van der Waals surface area contributed by atoms with Gasteiger partial charge < -0.3 is 36.3 Å². The average molecular weight is 542 g/mol. The molecule has 3 atom stereocenters. The van der Waals surface area contributed by atoms with Gasteiger partial charge in [0, 0.05) is 18.2 Å². The fourth-order valence-corrected chi connectivity index (χ4v) is 4.04. The third-order valence-corrected chi connectivity index (χ3v) is 6.08. The molecule has 3 amide bonds. The summed E-state index contributed by atoms with van der Waals surface area (Å²) in [6.07, 6.45) is 1.13. The molecule has 1 aliphatic rings. The molecule has 0 aliphatic heterocycles. The maximum absolute atomic E-state index is 12.7. The number of nitrogens with one attached hydrogen (secondary N) is 3. The van der Waals surface area contributed by atoms with Gasteiger partial charge in [0.2, 0.25) is 17.7 Å². The number of hydrogen-bond acceptors (Lipinski definition) is 8. The van der Waals surface area contributed by atoms with E-state index in [4.69, 9.17) is 15.2 Å². The molecule has 0 saturated carbocycles. The summed E-state index contributed by atoms with van der Waals surface area (Å²) in [5, 5.41) is 17.9. The molecular weight excluding hydrogens is 506 g/mol. The molecule has 3 rings (SSSR count). The zero-order chi connectivity index (χ0) is 29.0. The van der Waals surface area contributed by atoms with E-state index in [0.717, 1.165) is 5.56 Å². The fourth-order valence-electron chi connectivity index (χ4n) is 4.04. The van der Waals surface area contributed by atoms with Crippen molar-refractivity contribution in [3.8, 4) is 11.6 Å². The Bertz CT molecular complexity index is 1260. The number of benzene rings is 1. The van der Waals surface area contributed by atoms with Crippen LogP contribution in [0.5, 0.6) is 11.6 Å². The van der Waals surface area contributed by atoms with Gasteiger partial charge in [0.1, 0.15) is 28.6 Å². The number of carboxylic acid groups (broad SMARTS) is 1. The first kappa shape index (κ1) is 29.4. The maximum atomic E-state index is 12.7. The molecule has 1 heterocycles. The predicted octanol–water partition coefficient (Wildman–Crippen LogP) is 2.50. The normalized spacial score (nSPS) is 18.1. The van der Waals surface area contributed by atoms with Crippen LogP contribution in [0.4, 0.5) is 10.5 Å². The minimum atomic E-state index is -1.61. The molecule has 12 heteroatoms. The van der Waals surface area contributed by atoms with Crippen molar-refractivity contribution in [2.75, 3.05) is 5.32 Å². The number of anilines is 1. The lowest BCUT2D eigenvalue weighted by molar-refractivity contribution is -0.145. The summed E-state index contributed by atoms with van der Waals surface area (Å²) in [5.74, 6) is -1.78. The van der Waals surface area contributed by atoms with Crippen molar-refractivity contribution in [2.24, 2.45) is 5.73 Å². The number of carbonyl (C=O) groups excluding carboxylic acids is 3. The molecule has 1 aromatic heterocycles. The third kappa shape index (κ3) is 7.44. The average Bonchev–Trinajstić information content (AvgIpc) is 2.84. The Morgan fingerprint density at radius 3 is 2.46 bits per heavy atom. The lowest BCUT2D eigenvalue weighted by atomic mass is 9.77. The van der Waals surface area contributed by atoms with Crippen LogP contribution in [0.25, 0.3) is 0 Å². The number of aryl methyl sites for hydroxylation is 1. The van der Waals surface area contributed by atoms with E-state index in [1.165, 1.54) is 20.0 Å². The number of nitrogens with two attached hydrogens (primary N) is 1. The number of ether oxygens (including phenoxy) is 2. The quantitative estimate of drug-likeness (QED) is 0.335. The number of carboxylic acids is 1. The number of alkyl carbamates (subject to hydrolysis) is 1. The van der Waals surface area contributed by atoms with E-state index in [9.17, 15) is 24.3 Å². The van der Waals surface area contributed by atoms with Gasteiger partial charge in [-0.3, -0.25) is 9.59 Å². The molecule has 0 fully saturated rings. The van der Waals surface area contributed by atoms with E-state index in [2.05, 4.69) is 20.9 Å². The highest BCUT2D eigenvalue weighted by Crippen LogP contribution is 2.38. The lowest BCUT2D eigenvalue weighted by Gasteiger charge is -2.36. The fraction of sp³-hybridized carbons (Fsp3) is 0.444. The molecule has 0 radical (unpaired) electrons. The number of nitrogens with zero attached hydrogens (tertiary/aromatic N) is 1. The van der Waals surface area contributed by atoms with Crippen molar-refractivity contribution >= 4 is 29.6 Å². The topological polar surface area (TPSA) is 182 Å². The summed E-state index contributed by atoms with van der Waals surface area (Å²) in [5.41, 5.74) is 4.84. The Kier molecular flexibility index (Phi) is 8.80. The molecular formula is C27H35N5O7. The highest BCUT2D eigenvalue weighted by molar-refractivity contribution is 5.98. The van der Waals surface area contributed by atoms with Crippen molar-refractivity contribution in [3.05, 3.63) is 47.7 Å². The number of amides is 3. The third-order valence-electron chi connectivity index (χ3n) is 6.08. The van der Waals surface area contributed by atoms with Crippen molar-refractivity contribution < 1.29 is 33.8 Å². The van der Waals surface area contributed by atoms with Gasteiger partial charge in [-0.1, -0.05) is 12.1 Å². The van der Waals surface area contributed by atoms with Crippen molar-refractivity contribution in [2.45, 2.75) is 77.1 Å². The van der Waals surface area contributed by atoms with Crippen LogP contribution < -0.4 is 26.4 Å². The van der Waals surface area contributed by atoms with E-state index in [1.54, 1.807) is 45.0 Å². The van der Waals surface area contributed by atoms with Gasteiger partial charge in [-0.2, -0.15) is 0 Å². The van der Waals surface area contributed by atoms with E-state index in [-0.39, 0.29) is 24.4 Å². The number of pyridine rings is 1. The summed E-state index contributed by atoms with van der Waals surface area (Å²) in [6, 6.07) is 6.84.